The van der Waals surface area contributed by atoms with Crippen LogP contribution in [0.3, 0.4) is 0 Å². The molecule has 5 aromatic carbocycles. The van der Waals surface area contributed by atoms with E-state index < -0.39 is 0 Å². The monoisotopic (exact) mass is 618 g/mol. The van der Waals surface area contributed by atoms with Gasteiger partial charge in [0.05, 0.1) is 23.8 Å². The van der Waals surface area contributed by atoms with Crippen LogP contribution in [0, 0.1) is 0 Å². The smallest absolute Gasteiger partial charge is 0.181 e. The van der Waals surface area contributed by atoms with E-state index in [1.165, 1.54) is 23.9 Å². The van der Waals surface area contributed by atoms with E-state index in [9.17, 15) is 0 Å². The fraction of sp³-hybridized carbons (Fsp3) is 0. The number of pyridine rings is 2. The van der Waals surface area contributed by atoms with Crippen LogP contribution in [0.1, 0.15) is 0 Å². The Hall–Kier alpha value is -6.66. The van der Waals surface area contributed by atoms with Gasteiger partial charge in [0.2, 0.25) is 0 Å². The van der Waals surface area contributed by atoms with Crippen LogP contribution < -0.4 is 0 Å². The first kappa shape index (κ1) is 27.6. The van der Waals surface area contributed by atoms with Gasteiger partial charge in [-0.25, -0.2) is 19.9 Å². The van der Waals surface area contributed by atoms with Crippen LogP contribution in [0.5, 0.6) is 0 Å². The molecule has 6 heteroatoms. The summed E-state index contributed by atoms with van der Waals surface area (Å²) in [5, 5.41) is 4.29. The zero-order valence-corrected chi connectivity index (χ0v) is 25.6. The third-order valence-corrected chi connectivity index (χ3v) is 8.71. The van der Waals surface area contributed by atoms with E-state index in [-0.39, 0.29) is 0 Å². The Bertz CT molecular complexity index is 2560. The molecule has 0 amide bonds. The zero-order chi connectivity index (χ0) is 31.9. The zero-order valence-electron chi connectivity index (χ0n) is 25.6. The quantitative estimate of drug-likeness (QED) is 0.173. The molecule has 4 aromatic heterocycles. The van der Waals surface area contributed by atoms with Gasteiger partial charge in [0.1, 0.15) is 11.4 Å². The fourth-order valence-corrected chi connectivity index (χ4v) is 6.53. The number of rotatable bonds is 6. The molecule has 9 aromatic rings. The molecule has 4 heterocycles. The standard InChI is InChI=1S/C42H26N4O2/c1-2-9-27(10-3-1)28-11-6-12-29(21-28)30-19-20-33-34(22-30)42(38-18-8-16-36(46-38)40-24-44-26-48-40)32-14-5-4-13-31(32)41(33)37-17-7-15-35(45-37)39-23-43-25-47-39/h1-26H. The highest BCUT2D eigenvalue weighted by Gasteiger charge is 2.20. The molecule has 0 radical (unpaired) electrons. The van der Waals surface area contributed by atoms with E-state index in [1.807, 2.05) is 30.3 Å². The van der Waals surface area contributed by atoms with E-state index >= 15 is 0 Å². The summed E-state index contributed by atoms with van der Waals surface area (Å²) in [6, 6.07) is 46.4. The van der Waals surface area contributed by atoms with Gasteiger partial charge in [-0.2, -0.15) is 0 Å². The van der Waals surface area contributed by atoms with Crippen LogP contribution in [0.2, 0.25) is 0 Å². The average Bonchev–Trinajstić information content (AvgIpc) is 3.90. The molecule has 0 aliphatic heterocycles. The van der Waals surface area contributed by atoms with Gasteiger partial charge in [0.15, 0.2) is 24.3 Å². The van der Waals surface area contributed by atoms with Crippen molar-refractivity contribution in [2.75, 3.05) is 0 Å². The van der Waals surface area contributed by atoms with Crippen molar-refractivity contribution in [3.8, 4) is 67.7 Å². The van der Waals surface area contributed by atoms with Gasteiger partial charge in [0.25, 0.3) is 0 Å². The SMILES string of the molecule is c1ccc(-c2cccc(-c3ccc4c(-c5cccc(-c6cnco6)n5)c5ccccc5c(-c5cccc(-c6cnco6)n5)c4c3)c2)cc1. The summed E-state index contributed by atoms with van der Waals surface area (Å²) < 4.78 is 11.3. The van der Waals surface area contributed by atoms with Crippen molar-refractivity contribution in [1.29, 1.82) is 0 Å². The normalized spacial score (nSPS) is 11.3. The predicted molar refractivity (Wildman–Crippen MR) is 190 cm³/mol. The van der Waals surface area contributed by atoms with Gasteiger partial charge in [-0.05, 0) is 80.2 Å². The van der Waals surface area contributed by atoms with Crippen molar-refractivity contribution in [3.05, 3.63) is 159 Å². The summed E-state index contributed by atoms with van der Waals surface area (Å²) >= 11 is 0. The van der Waals surface area contributed by atoms with E-state index in [4.69, 9.17) is 18.8 Å². The van der Waals surface area contributed by atoms with E-state index in [0.717, 1.165) is 66.6 Å². The molecule has 0 spiro atoms. The Morgan fingerprint density at radius 3 is 1.44 bits per heavy atom. The summed E-state index contributed by atoms with van der Waals surface area (Å²) in [4.78, 5) is 18.4. The molecule has 0 fully saturated rings. The summed E-state index contributed by atoms with van der Waals surface area (Å²) in [6.07, 6.45) is 6.24. The topological polar surface area (TPSA) is 77.8 Å². The van der Waals surface area contributed by atoms with Crippen molar-refractivity contribution in [2.45, 2.75) is 0 Å². The van der Waals surface area contributed by atoms with Gasteiger partial charge in [-0.15, -0.1) is 0 Å². The fourth-order valence-electron chi connectivity index (χ4n) is 6.53. The number of nitrogens with zero attached hydrogens (tertiary/aromatic N) is 4. The number of benzene rings is 5. The summed E-state index contributed by atoms with van der Waals surface area (Å²) in [7, 11) is 0. The van der Waals surface area contributed by atoms with E-state index in [0.29, 0.717) is 11.5 Å². The van der Waals surface area contributed by atoms with Crippen LogP contribution in [-0.2, 0) is 0 Å². The molecule has 6 nitrogen and oxygen atoms in total. The van der Waals surface area contributed by atoms with Crippen LogP contribution >= 0.6 is 0 Å². The molecular weight excluding hydrogens is 592 g/mol. The maximum atomic E-state index is 5.63. The molecule has 9 rings (SSSR count). The molecule has 226 valence electrons. The van der Waals surface area contributed by atoms with Gasteiger partial charge in [-0.3, -0.25) is 0 Å². The maximum Gasteiger partial charge on any atom is 0.181 e. The Morgan fingerprint density at radius 1 is 0.354 bits per heavy atom. The number of hydrogen-bond donors (Lipinski definition) is 0. The number of fused-ring (bicyclic) bond motifs is 2. The summed E-state index contributed by atoms with van der Waals surface area (Å²) in [5.74, 6) is 1.24. The highest BCUT2D eigenvalue weighted by molar-refractivity contribution is 6.21. The van der Waals surface area contributed by atoms with E-state index in [2.05, 4.69) is 113 Å². The third kappa shape index (κ3) is 4.84. The molecular formula is C42H26N4O2. The van der Waals surface area contributed by atoms with Crippen molar-refractivity contribution in [2.24, 2.45) is 0 Å². The Balaban J connectivity index is 1.33. The predicted octanol–water partition coefficient (Wildman–Crippen LogP) is 10.8. The maximum absolute atomic E-state index is 5.63. The molecule has 48 heavy (non-hydrogen) atoms. The molecule has 0 N–H and O–H groups in total. The second kappa shape index (κ2) is 11.6. The average molecular weight is 619 g/mol. The Kier molecular flexibility index (Phi) is 6.68. The summed E-state index contributed by atoms with van der Waals surface area (Å²) in [5.41, 5.74) is 9.81. The van der Waals surface area contributed by atoms with Crippen LogP contribution in [0.4, 0.5) is 0 Å². The molecule has 0 atom stereocenters. The first-order chi connectivity index (χ1) is 23.8. The Morgan fingerprint density at radius 2 is 0.833 bits per heavy atom. The van der Waals surface area contributed by atoms with E-state index in [1.54, 1.807) is 12.4 Å². The lowest BCUT2D eigenvalue weighted by Gasteiger charge is -2.18. The minimum Gasteiger partial charge on any atom is -0.442 e. The van der Waals surface area contributed by atoms with Crippen LogP contribution in [-0.4, -0.2) is 19.9 Å². The van der Waals surface area contributed by atoms with Gasteiger partial charge < -0.3 is 8.83 Å². The summed E-state index contributed by atoms with van der Waals surface area (Å²) in [6.45, 7) is 0. The second-order valence-electron chi connectivity index (χ2n) is 11.6. The largest absolute Gasteiger partial charge is 0.442 e. The highest BCUT2D eigenvalue weighted by Crippen LogP contribution is 2.44. The third-order valence-electron chi connectivity index (χ3n) is 8.71. The second-order valence-corrected chi connectivity index (χ2v) is 11.6. The Labute approximate surface area is 276 Å². The van der Waals surface area contributed by atoms with Gasteiger partial charge in [-0.1, -0.05) is 97.1 Å². The lowest BCUT2D eigenvalue weighted by molar-refractivity contribution is 0.569. The minimum atomic E-state index is 0.619. The molecule has 0 saturated carbocycles. The highest BCUT2D eigenvalue weighted by atomic mass is 16.3. The molecule has 0 aliphatic carbocycles. The number of hydrogen-bond acceptors (Lipinski definition) is 6. The lowest BCUT2D eigenvalue weighted by Crippen LogP contribution is -1.95. The lowest BCUT2D eigenvalue weighted by atomic mass is 9.87. The van der Waals surface area contributed by atoms with Gasteiger partial charge in [0, 0.05) is 11.1 Å². The van der Waals surface area contributed by atoms with Gasteiger partial charge >= 0.3 is 0 Å². The first-order valence-electron chi connectivity index (χ1n) is 15.7. The van der Waals surface area contributed by atoms with Crippen molar-refractivity contribution < 1.29 is 8.83 Å². The number of oxazole rings is 2. The molecule has 0 unspecified atom stereocenters. The minimum absolute atomic E-state index is 0.619. The van der Waals surface area contributed by atoms with Crippen molar-refractivity contribution >= 4 is 21.5 Å². The van der Waals surface area contributed by atoms with Crippen molar-refractivity contribution in [1.82, 2.24) is 19.9 Å². The van der Waals surface area contributed by atoms with Crippen LogP contribution in [0.25, 0.3) is 89.2 Å². The molecule has 0 aliphatic rings. The molecule has 0 saturated heterocycles. The molecule has 0 bridgehead atoms. The van der Waals surface area contributed by atoms with Crippen molar-refractivity contribution in [3.63, 3.8) is 0 Å². The number of aromatic nitrogens is 4. The first-order valence-corrected chi connectivity index (χ1v) is 15.7. The van der Waals surface area contributed by atoms with Crippen LogP contribution in [0.15, 0.2) is 167 Å².